The van der Waals surface area contributed by atoms with Crippen LogP contribution in [0.15, 0.2) is 16.9 Å². The summed E-state index contributed by atoms with van der Waals surface area (Å²) in [5.74, 6) is 2.65. The molecule has 0 aromatic carbocycles. The van der Waals surface area contributed by atoms with Crippen molar-refractivity contribution in [3.63, 3.8) is 0 Å². The van der Waals surface area contributed by atoms with E-state index in [4.69, 9.17) is 9.15 Å². The lowest BCUT2D eigenvalue weighted by Crippen LogP contribution is -2.34. The van der Waals surface area contributed by atoms with Crippen molar-refractivity contribution in [3.8, 4) is 11.3 Å². The van der Waals surface area contributed by atoms with Crippen molar-refractivity contribution in [3.05, 3.63) is 51.4 Å². The van der Waals surface area contributed by atoms with Gasteiger partial charge in [-0.15, -0.1) is 21.5 Å². The zero-order valence-electron chi connectivity index (χ0n) is 22.5. The highest BCUT2D eigenvalue weighted by atomic mass is 32.1. The Bertz CT molecular complexity index is 1650. The van der Waals surface area contributed by atoms with E-state index in [-0.39, 0.29) is 6.04 Å². The lowest BCUT2D eigenvalue weighted by atomic mass is 9.73. The maximum atomic E-state index is 6.07. The quantitative estimate of drug-likeness (QED) is 0.300. The summed E-state index contributed by atoms with van der Waals surface area (Å²) < 4.78 is 13.5. The largest absolute Gasteiger partial charge is 0.423 e. The topological polar surface area (TPSA) is 106 Å². The molecule has 1 saturated heterocycles. The van der Waals surface area contributed by atoms with Gasteiger partial charge in [0.1, 0.15) is 17.2 Å². The van der Waals surface area contributed by atoms with E-state index in [9.17, 15) is 0 Å². The Hall–Kier alpha value is -3.08. The van der Waals surface area contributed by atoms with Gasteiger partial charge in [-0.25, -0.2) is 9.50 Å². The van der Waals surface area contributed by atoms with E-state index in [2.05, 4.69) is 71.4 Å². The highest BCUT2D eigenvalue weighted by Gasteiger charge is 2.38. The predicted octanol–water partition coefficient (Wildman–Crippen LogP) is 5.69. The maximum Gasteiger partial charge on any atom is 0.235 e. The van der Waals surface area contributed by atoms with E-state index in [1.54, 1.807) is 6.33 Å². The number of H-pyrrole nitrogens is 1. The fourth-order valence-corrected chi connectivity index (χ4v) is 7.54. The van der Waals surface area contributed by atoms with Crippen molar-refractivity contribution >= 4 is 27.2 Å². The number of thiophene rings is 1. The van der Waals surface area contributed by atoms with Gasteiger partial charge < -0.3 is 19.5 Å². The standard InChI is InChI=1S/C28H33N7O2S/c1-13(2)21-22-16(5)24(17-8-18(9-17)26-33-34-27(37-26)20-11-36-7-6-29-20)38-28(22)32-23(21)19-10-35-25(30-12-31-35)15(4)14(19)3/h10,12-13,17-18,20,29,32H,6-9,11H2,1-5H3/t17-,18+,20-/m0/s1. The third-order valence-electron chi connectivity index (χ3n) is 8.47. The summed E-state index contributed by atoms with van der Waals surface area (Å²) in [6.07, 6.45) is 5.84. The van der Waals surface area contributed by atoms with Crippen LogP contribution in [0, 0.1) is 20.8 Å². The van der Waals surface area contributed by atoms with E-state index in [0.717, 1.165) is 37.5 Å². The van der Waals surface area contributed by atoms with Crippen LogP contribution in [0.4, 0.5) is 0 Å². The number of hydrogen-bond acceptors (Lipinski definition) is 8. The van der Waals surface area contributed by atoms with Gasteiger partial charge >= 0.3 is 0 Å². The summed E-state index contributed by atoms with van der Waals surface area (Å²) in [7, 11) is 0. The molecular formula is C28H33N7O2S. The minimum Gasteiger partial charge on any atom is -0.423 e. The first-order valence-corrected chi connectivity index (χ1v) is 14.3. The number of nitrogens with zero attached hydrogens (tertiary/aromatic N) is 5. The summed E-state index contributed by atoms with van der Waals surface area (Å²) >= 11 is 1.91. The third kappa shape index (κ3) is 3.65. The predicted molar refractivity (Wildman–Crippen MR) is 147 cm³/mol. The van der Waals surface area contributed by atoms with Crippen LogP contribution < -0.4 is 5.32 Å². The van der Waals surface area contributed by atoms with Crippen molar-refractivity contribution < 1.29 is 9.15 Å². The molecule has 6 heterocycles. The first-order valence-electron chi connectivity index (χ1n) is 13.5. The molecule has 2 aliphatic rings. The molecule has 38 heavy (non-hydrogen) atoms. The highest BCUT2D eigenvalue weighted by Crippen LogP contribution is 2.53. The van der Waals surface area contributed by atoms with Crippen molar-refractivity contribution in [2.75, 3.05) is 19.8 Å². The number of ether oxygens (including phenoxy) is 1. The molecule has 1 atom stereocenters. The van der Waals surface area contributed by atoms with Crippen LogP contribution in [-0.2, 0) is 4.74 Å². The van der Waals surface area contributed by atoms with Gasteiger partial charge in [-0.05, 0) is 67.7 Å². The van der Waals surface area contributed by atoms with Gasteiger partial charge in [-0.3, -0.25) is 0 Å². The number of fused-ring (bicyclic) bond motifs is 2. The first kappa shape index (κ1) is 24.0. The second kappa shape index (κ2) is 9.00. The van der Waals surface area contributed by atoms with Crippen molar-refractivity contribution in [1.82, 2.24) is 35.1 Å². The Kier molecular flexibility index (Phi) is 5.68. The maximum absolute atomic E-state index is 6.07. The molecule has 0 unspecified atom stereocenters. The summed E-state index contributed by atoms with van der Waals surface area (Å²) in [5, 5.41) is 17.9. The van der Waals surface area contributed by atoms with E-state index in [1.165, 1.54) is 48.6 Å². The van der Waals surface area contributed by atoms with E-state index >= 15 is 0 Å². The van der Waals surface area contributed by atoms with Gasteiger partial charge in [0.25, 0.3) is 0 Å². The molecule has 1 saturated carbocycles. The SMILES string of the molecule is Cc1c(-c2[nH]c3sc([C@H]4C[C@@H](c5nnc([C@@H]6COCCN6)o5)C4)c(C)c3c2C(C)C)cn2ncnc2c1C. The Balaban J connectivity index is 1.18. The Morgan fingerprint density at radius 2 is 1.87 bits per heavy atom. The van der Waals surface area contributed by atoms with Crippen LogP contribution in [0.5, 0.6) is 0 Å². The second-order valence-electron chi connectivity index (χ2n) is 11.1. The van der Waals surface area contributed by atoms with Crippen LogP contribution in [0.1, 0.15) is 89.4 Å². The Labute approximate surface area is 225 Å². The van der Waals surface area contributed by atoms with Gasteiger partial charge in [0.2, 0.25) is 11.8 Å². The highest BCUT2D eigenvalue weighted by molar-refractivity contribution is 7.19. The van der Waals surface area contributed by atoms with Gasteiger partial charge in [0.15, 0.2) is 5.65 Å². The molecule has 7 rings (SSSR count). The molecule has 1 aliphatic heterocycles. The Morgan fingerprint density at radius 3 is 2.63 bits per heavy atom. The molecular weight excluding hydrogens is 498 g/mol. The van der Waals surface area contributed by atoms with E-state index in [1.807, 2.05) is 15.9 Å². The third-order valence-corrected chi connectivity index (χ3v) is 9.84. The van der Waals surface area contributed by atoms with Gasteiger partial charge in [0, 0.05) is 34.5 Å². The number of aromatic amines is 1. The Morgan fingerprint density at radius 1 is 1.05 bits per heavy atom. The number of hydrogen-bond donors (Lipinski definition) is 2. The molecule has 2 N–H and O–H groups in total. The van der Waals surface area contributed by atoms with Crippen molar-refractivity contribution in [1.29, 1.82) is 0 Å². The number of aromatic nitrogens is 6. The first-order chi connectivity index (χ1) is 18.4. The molecule has 0 amide bonds. The van der Waals surface area contributed by atoms with Crippen LogP contribution >= 0.6 is 11.3 Å². The smallest absolute Gasteiger partial charge is 0.235 e. The molecule has 5 aromatic heterocycles. The van der Waals surface area contributed by atoms with Crippen LogP contribution in [0.3, 0.4) is 0 Å². The van der Waals surface area contributed by atoms with E-state index < -0.39 is 0 Å². The number of pyridine rings is 1. The molecule has 9 nitrogen and oxygen atoms in total. The number of nitrogens with one attached hydrogen (secondary N) is 2. The van der Waals surface area contributed by atoms with Crippen LogP contribution in [0.25, 0.3) is 27.1 Å². The number of rotatable bonds is 5. The lowest BCUT2D eigenvalue weighted by molar-refractivity contribution is 0.0672. The molecule has 5 aromatic rings. The number of morpholine rings is 1. The normalized spacial score (nSPS) is 22.1. The van der Waals surface area contributed by atoms with Gasteiger partial charge in [0.05, 0.1) is 18.9 Å². The fourth-order valence-electron chi connectivity index (χ4n) is 6.19. The van der Waals surface area contributed by atoms with Crippen LogP contribution in [0.2, 0.25) is 0 Å². The summed E-state index contributed by atoms with van der Waals surface area (Å²) in [6, 6.07) is 0.00240. The number of aryl methyl sites for hydroxylation is 2. The molecule has 0 bridgehead atoms. The van der Waals surface area contributed by atoms with Gasteiger partial charge in [-0.2, -0.15) is 5.10 Å². The fraction of sp³-hybridized carbons (Fsp3) is 0.500. The zero-order chi connectivity index (χ0) is 26.1. The summed E-state index contributed by atoms with van der Waals surface area (Å²) in [5.41, 5.74) is 8.53. The molecule has 0 spiro atoms. The molecule has 10 heteroatoms. The van der Waals surface area contributed by atoms with Crippen molar-refractivity contribution in [2.24, 2.45) is 0 Å². The molecule has 198 valence electrons. The average Bonchev–Trinajstić information content (AvgIpc) is 3.67. The average molecular weight is 532 g/mol. The minimum atomic E-state index is 0.00240. The molecule has 1 aliphatic carbocycles. The molecule has 2 fully saturated rings. The van der Waals surface area contributed by atoms with E-state index in [0.29, 0.717) is 30.3 Å². The molecule has 0 radical (unpaired) electrons. The summed E-state index contributed by atoms with van der Waals surface area (Å²) in [6.45, 7) is 13.3. The van der Waals surface area contributed by atoms with Crippen molar-refractivity contribution in [2.45, 2.75) is 71.3 Å². The lowest BCUT2D eigenvalue weighted by Gasteiger charge is -2.33. The van der Waals surface area contributed by atoms with Crippen LogP contribution in [-0.4, -0.2) is 49.5 Å². The zero-order valence-corrected chi connectivity index (χ0v) is 23.3. The monoisotopic (exact) mass is 531 g/mol. The summed E-state index contributed by atoms with van der Waals surface area (Å²) in [4.78, 5) is 11.0. The van der Waals surface area contributed by atoms with Gasteiger partial charge in [-0.1, -0.05) is 13.8 Å². The second-order valence-corrected chi connectivity index (χ2v) is 12.2. The minimum absolute atomic E-state index is 0.00240.